The molecule has 0 aliphatic heterocycles. The van der Waals surface area contributed by atoms with Crippen LogP contribution in [-0.4, -0.2) is 29.9 Å². The van der Waals surface area contributed by atoms with E-state index in [0.717, 1.165) is 18.4 Å². The van der Waals surface area contributed by atoms with Crippen molar-refractivity contribution in [2.45, 2.75) is 11.4 Å². The van der Waals surface area contributed by atoms with Crippen LogP contribution in [0.1, 0.15) is 5.56 Å². The molecule has 0 aliphatic rings. The molecule has 0 saturated carbocycles. The molecule has 2 aromatic heterocycles. The van der Waals surface area contributed by atoms with Gasteiger partial charge in [0, 0.05) is 12.3 Å². The topological polar surface area (TPSA) is 95.2 Å². The fourth-order valence-corrected chi connectivity index (χ4v) is 2.33. The number of ether oxygens (including phenoxy) is 1. The van der Waals surface area contributed by atoms with E-state index in [1.54, 1.807) is 0 Å². The van der Waals surface area contributed by atoms with Gasteiger partial charge in [-0.1, -0.05) is 17.2 Å². The summed E-state index contributed by atoms with van der Waals surface area (Å²) in [4.78, 5) is 4.03. The maximum absolute atomic E-state index is 12.7. The molecule has 0 fully saturated rings. The Morgan fingerprint density at radius 1 is 1.08 bits per heavy atom. The Morgan fingerprint density at radius 3 is 2.46 bits per heavy atom. The zero-order valence-electron chi connectivity index (χ0n) is 13.1. The standard InChI is InChI=1S/C15H10F3N3O4S/c1-26(22,23)14-21-20-13(25-14)11-6-3-7-12(19-11)24-10-5-2-4-9(8-10)15(16,17)18/h2-8H,1H3. The molecule has 0 spiro atoms. The van der Waals surface area contributed by atoms with Crippen LogP contribution in [0.2, 0.25) is 0 Å². The van der Waals surface area contributed by atoms with Crippen molar-refractivity contribution >= 4 is 9.84 Å². The summed E-state index contributed by atoms with van der Waals surface area (Å²) in [6.45, 7) is 0. The molecule has 0 atom stereocenters. The van der Waals surface area contributed by atoms with Gasteiger partial charge in [-0.3, -0.25) is 0 Å². The van der Waals surface area contributed by atoms with Crippen LogP contribution in [0.3, 0.4) is 0 Å². The Hall–Kier alpha value is -2.95. The SMILES string of the molecule is CS(=O)(=O)c1nnc(-c2cccc(Oc3cccc(C(F)(F)F)c3)n2)o1. The highest BCUT2D eigenvalue weighted by Crippen LogP contribution is 2.32. The Labute approximate surface area is 145 Å². The molecule has 1 aromatic carbocycles. The molecule has 0 bridgehead atoms. The summed E-state index contributed by atoms with van der Waals surface area (Å²) < 4.78 is 71.3. The monoisotopic (exact) mass is 385 g/mol. The van der Waals surface area contributed by atoms with E-state index in [4.69, 9.17) is 9.15 Å². The molecule has 11 heteroatoms. The zero-order valence-corrected chi connectivity index (χ0v) is 13.9. The summed E-state index contributed by atoms with van der Waals surface area (Å²) in [6.07, 6.45) is -3.59. The lowest BCUT2D eigenvalue weighted by molar-refractivity contribution is -0.137. The van der Waals surface area contributed by atoms with Crippen molar-refractivity contribution in [3.8, 4) is 23.2 Å². The first kappa shape index (κ1) is 17.9. The summed E-state index contributed by atoms with van der Waals surface area (Å²) in [5, 5.41) is 6.42. The Balaban J connectivity index is 1.88. The van der Waals surface area contributed by atoms with Crippen molar-refractivity contribution in [1.82, 2.24) is 15.2 Å². The van der Waals surface area contributed by atoms with E-state index in [0.29, 0.717) is 0 Å². The van der Waals surface area contributed by atoms with Gasteiger partial charge in [0.1, 0.15) is 11.4 Å². The smallest absolute Gasteiger partial charge is 0.416 e. The highest BCUT2D eigenvalue weighted by Gasteiger charge is 2.30. The molecule has 0 radical (unpaired) electrons. The van der Waals surface area contributed by atoms with Crippen LogP contribution >= 0.6 is 0 Å². The minimum Gasteiger partial charge on any atom is -0.439 e. The van der Waals surface area contributed by atoms with E-state index in [1.807, 2.05) is 0 Å². The molecule has 2 heterocycles. The van der Waals surface area contributed by atoms with Crippen LogP contribution in [-0.2, 0) is 16.0 Å². The summed E-state index contributed by atoms with van der Waals surface area (Å²) >= 11 is 0. The highest BCUT2D eigenvalue weighted by molar-refractivity contribution is 7.90. The number of alkyl halides is 3. The van der Waals surface area contributed by atoms with Crippen LogP contribution in [0.25, 0.3) is 11.6 Å². The molecular weight excluding hydrogens is 375 g/mol. The van der Waals surface area contributed by atoms with E-state index in [9.17, 15) is 21.6 Å². The molecular formula is C15H10F3N3O4S. The van der Waals surface area contributed by atoms with Gasteiger partial charge in [-0.2, -0.15) is 13.2 Å². The second-order valence-electron chi connectivity index (χ2n) is 5.13. The molecule has 0 amide bonds. The summed E-state index contributed by atoms with van der Waals surface area (Å²) in [7, 11) is -3.67. The first-order chi connectivity index (χ1) is 12.1. The van der Waals surface area contributed by atoms with Gasteiger partial charge in [-0.15, -0.1) is 5.10 Å². The Bertz CT molecular complexity index is 1050. The average molecular weight is 385 g/mol. The van der Waals surface area contributed by atoms with Gasteiger partial charge in [-0.05, 0) is 24.3 Å². The summed E-state index contributed by atoms with van der Waals surface area (Å²) in [6, 6.07) is 8.67. The quantitative estimate of drug-likeness (QED) is 0.680. The molecule has 0 N–H and O–H groups in total. The van der Waals surface area contributed by atoms with Crippen LogP contribution in [0.5, 0.6) is 11.6 Å². The number of pyridine rings is 1. The van der Waals surface area contributed by atoms with Gasteiger partial charge >= 0.3 is 11.4 Å². The van der Waals surface area contributed by atoms with Crippen LogP contribution in [0.15, 0.2) is 52.1 Å². The van der Waals surface area contributed by atoms with Gasteiger partial charge in [-0.25, -0.2) is 13.4 Å². The van der Waals surface area contributed by atoms with Crippen molar-refractivity contribution in [3.63, 3.8) is 0 Å². The Morgan fingerprint density at radius 2 is 1.81 bits per heavy atom. The van der Waals surface area contributed by atoms with Crippen molar-refractivity contribution in [2.75, 3.05) is 6.26 Å². The number of nitrogens with zero attached hydrogens (tertiary/aromatic N) is 3. The molecule has 0 unspecified atom stereocenters. The summed E-state index contributed by atoms with van der Waals surface area (Å²) in [5.41, 5.74) is -0.752. The van der Waals surface area contributed by atoms with Crippen molar-refractivity contribution in [2.24, 2.45) is 0 Å². The predicted octanol–water partition coefficient (Wildman–Crippen LogP) is 3.35. The van der Waals surface area contributed by atoms with Crippen LogP contribution in [0, 0.1) is 0 Å². The maximum atomic E-state index is 12.7. The minimum atomic E-state index is -4.50. The van der Waals surface area contributed by atoms with Gasteiger partial charge < -0.3 is 9.15 Å². The lowest BCUT2D eigenvalue weighted by Crippen LogP contribution is -2.04. The summed E-state index contributed by atoms with van der Waals surface area (Å²) in [5.74, 6) is -0.257. The number of benzene rings is 1. The number of hydrogen-bond acceptors (Lipinski definition) is 7. The van der Waals surface area contributed by atoms with E-state index < -0.39 is 26.8 Å². The second kappa shape index (κ2) is 6.41. The van der Waals surface area contributed by atoms with Crippen LogP contribution in [0.4, 0.5) is 13.2 Å². The number of rotatable bonds is 4. The van der Waals surface area contributed by atoms with E-state index in [-0.39, 0.29) is 23.2 Å². The van der Waals surface area contributed by atoms with Crippen molar-refractivity contribution < 1.29 is 30.7 Å². The Kier molecular flexibility index (Phi) is 4.40. The number of aromatic nitrogens is 3. The molecule has 136 valence electrons. The molecule has 3 rings (SSSR count). The predicted molar refractivity (Wildman–Crippen MR) is 82.2 cm³/mol. The normalized spacial score (nSPS) is 12.2. The van der Waals surface area contributed by atoms with Crippen molar-refractivity contribution in [3.05, 3.63) is 48.0 Å². The van der Waals surface area contributed by atoms with E-state index in [1.165, 1.54) is 30.3 Å². The van der Waals surface area contributed by atoms with E-state index >= 15 is 0 Å². The zero-order chi connectivity index (χ0) is 18.9. The highest BCUT2D eigenvalue weighted by atomic mass is 32.2. The molecule has 26 heavy (non-hydrogen) atoms. The number of halogens is 3. The van der Waals surface area contributed by atoms with Crippen LogP contribution < -0.4 is 4.74 Å². The molecule has 0 aliphatic carbocycles. The molecule has 3 aromatic rings. The largest absolute Gasteiger partial charge is 0.439 e. The minimum absolute atomic E-state index is 0.0269. The third-order valence-electron chi connectivity index (χ3n) is 3.05. The first-order valence-electron chi connectivity index (χ1n) is 6.99. The molecule has 7 nitrogen and oxygen atoms in total. The average Bonchev–Trinajstić information content (AvgIpc) is 3.05. The maximum Gasteiger partial charge on any atom is 0.416 e. The lowest BCUT2D eigenvalue weighted by atomic mass is 10.2. The lowest BCUT2D eigenvalue weighted by Gasteiger charge is -2.09. The number of hydrogen-bond donors (Lipinski definition) is 0. The third kappa shape index (κ3) is 3.99. The first-order valence-corrected chi connectivity index (χ1v) is 8.88. The fraction of sp³-hybridized carbons (Fsp3) is 0.133. The molecule has 0 saturated heterocycles. The second-order valence-corrected chi connectivity index (χ2v) is 7.03. The van der Waals surface area contributed by atoms with Gasteiger partial charge in [0.05, 0.1) is 5.56 Å². The van der Waals surface area contributed by atoms with Gasteiger partial charge in [0.25, 0.3) is 5.89 Å². The third-order valence-corrected chi connectivity index (χ3v) is 3.85. The van der Waals surface area contributed by atoms with E-state index in [2.05, 4.69) is 15.2 Å². The van der Waals surface area contributed by atoms with Crippen molar-refractivity contribution in [1.29, 1.82) is 0 Å². The number of sulfone groups is 1. The fourth-order valence-electron chi connectivity index (χ4n) is 1.91. The van der Waals surface area contributed by atoms with Gasteiger partial charge in [0.15, 0.2) is 0 Å². The van der Waals surface area contributed by atoms with Gasteiger partial charge in [0.2, 0.25) is 15.7 Å².